The van der Waals surface area contributed by atoms with Gasteiger partial charge in [-0.25, -0.2) is 0 Å². The van der Waals surface area contributed by atoms with E-state index in [0.29, 0.717) is 6.61 Å². The molecule has 0 atom stereocenters. The molecule has 3 heteroatoms. The molecule has 0 bridgehead atoms. The third-order valence-corrected chi connectivity index (χ3v) is 1.93. The van der Waals surface area contributed by atoms with E-state index in [4.69, 9.17) is 9.47 Å². The Morgan fingerprint density at radius 1 is 1.36 bits per heavy atom. The summed E-state index contributed by atoms with van der Waals surface area (Å²) < 4.78 is 10.6. The molecular formula is C11H17NO2. The summed E-state index contributed by atoms with van der Waals surface area (Å²) in [5, 5.41) is 3.09. The molecule has 0 unspecified atom stereocenters. The van der Waals surface area contributed by atoms with Crippen LogP contribution in [0.1, 0.15) is 12.5 Å². The monoisotopic (exact) mass is 195 g/mol. The van der Waals surface area contributed by atoms with Gasteiger partial charge in [0.05, 0.1) is 13.7 Å². The summed E-state index contributed by atoms with van der Waals surface area (Å²) in [7, 11) is 3.58. The molecule has 1 N–H and O–H groups in total. The van der Waals surface area contributed by atoms with E-state index in [-0.39, 0.29) is 0 Å². The molecule has 1 aromatic rings. The van der Waals surface area contributed by atoms with E-state index in [0.717, 1.165) is 23.6 Å². The predicted octanol–water partition coefficient (Wildman–Crippen LogP) is 1.81. The fourth-order valence-corrected chi connectivity index (χ4v) is 1.34. The van der Waals surface area contributed by atoms with Gasteiger partial charge in [-0.15, -0.1) is 0 Å². The highest BCUT2D eigenvalue weighted by molar-refractivity contribution is 5.40. The van der Waals surface area contributed by atoms with Crippen molar-refractivity contribution in [2.75, 3.05) is 20.8 Å². The molecule has 14 heavy (non-hydrogen) atoms. The third kappa shape index (κ3) is 2.64. The lowest BCUT2D eigenvalue weighted by Crippen LogP contribution is -2.07. The Morgan fingerprint density at radius 3 is 2.71 bits per heavy atom. The Balaban J connectivity index is 2.88. The third-order valence-electron chi connectivity index (χ3n) is 1.93. The first kappa shape index (κ1) is 10.9. The van der Waals surface area contributed by atoms with Gasteiger partial charge in [0.1, 0.15) is 11.5 Å². The number of nitrogens with one attached hydrogen (secondary N) is 1. The second kappa shape index (κ2) is 5.50. The zero-order valence-electron chi connectivity index (χ0n) is 8.96. The molecule has 0 aliphatic carbocycles. The summed E-state index contributed by atoms with van der Waals surface area (Å²) >= 11 is 0. The van der Waals surface area contributed by atoms with Crippen LogP contribution in [-0.2, 0) is 6.54 Å². The van der Waals surface area contributed by atoms with Gasteiger partial charge >= 0.3 is 0 Å². The maximum atomic E-state index is 5.41. The molecule has 0 heterocycles. The molecule has 0 saturated heterocycles. The average Bonchev–Trinajstić information content (AvgIpc) is 2.19. The topological polar surface area (TPSA) is 30.5 Å². The molecule has 0 aromatic heterocycles. The molecule has 0 amide bonds. The normalized spacial score (nSPS) is 9.93. The summed E-state index contributed by atoms with van der Waals surface area (Å²) in [5.74, 6) is 1.78. The smallest absolute Gasteiger partial charge is 0.123 e. The Bertz CT molecular complexity index is 287. The molecule has 0 spiro atoms. The van der Waals surface area contributed by atoms with E-state index in [1.165, 1.54) is 0 Å². The van der Waals surface area contributed by atoms with Crippen LogP contribution in [0.5, 0.6) is 11.5 Å². The number of hydrogen-bond acceptors (Lipinski definition) is 3. The Hall–Kier alpha value is -1.22. The largest absolute Gasteiger partial charge is 0.496 e. The maximum absolute atomic E-state index is 5.41. The minimum atomic E-state index is 0.686. The highest BCUT2D eigenvalue weighted by Gasteiger charge is 2.03. The van der Waals surface area contributed by atoms with Crippen LogP contribution < -0.4 is 14.8 Å². The standard InChI is InChI=1S/C11H17NO2/c1-4-14-10-5-6-11(13-3)9(7-10)8-12-2/h5-7,12H,4,8H2,1-3H3. The second-order valence-electron chi connectivity index (χ2n) is 2.94. The minimum Gasteiger partial charge on any atom is -0.496 e. The summed E-state index contributed by atoms with van der Waals surface area (Å²) in [6, 6.07) is 5.85. The van der Waals surface area contributed by atoms with Gasteiger partial charge in [0, 0.05) is 12.1 Å². The number of methoxy groups -OCH3 is 1. The van der Waals surface area contributed by atoms with Crippen molar-refractivity contribution in [1.29, 1.82) is 0 Å². The molecule has 0 radical (unpaired) electrons. The van der Waals surface area contributed by atoms with Crippen molar-refractivity contribution < 1.29 is 9.47 Å². The van der Waals surface area contributed by atoms with Crippen molar-refractivity contribution in [3.8, 4) is 11.5 Å². The first-order chi connectivity index (χ1) is 6.81. The molecule has 1 aromatic carbocycles. The van der Waals surface area contributed by atoms with Gasteiger partial charge < -0.3 is 14.8 Å². The molecule has 3 nitrogen and oxygen atoms in total. The minimum absolute atomic E-state index is 0.686. The summed E-state index contributed by atoms with van der Waals surface area (Å²) in [4.78, 5) is 0. The highest BCUT2D eigenvalue weighted by Crippen LogP contribution is 2.23. The van der Waals surface area contributed by atoms with Gasteiger partial charge in [0.25, 0.3) is 0 Å². The van der Waals surface area contributed by atoms with Crippen molar-refractivity contribution in [2.45, 2.75) is 13.5 Å². The second-order valence-corrected chi connectivity index (χ2v) is 2.94. The molecular weight excluding hydrogens is 178 g/mol. The van der Waals surface area contributed by atoms with E-state index in [1.54, 1.807) is 7.11 Å². The predicted molar refractivity (Wildman–Crippen MR) is 56.9 cm³/mol. The molecule has 0 aliphatic heterocycles. The Labute approximate surface area is 85.0 Å². The Kier molecular flexibility index (Phi) is 4.26. The lowest BCUT2D eigenvalue weighted by atomic mass is 10.2. The van der Waals surface area contributed by atoms with E-state index in [2.05, 4.69) is 5.32 Å². The first-order valence-electron chi connectivity index (χ1n) is 4.76. The number of benzene rings is 1. The van der Waals surface area contributed by atoms with Crippen molar-refractivity contribution in [2.24, 2.45) is 0 Å². The molecule has 1 rings (SSSR count). The molecule has 0 fully saturated rings. The van der Waals surface area contributed by atoms with Crippen LogP contribution in [0.4, 0.5) is 0 Å². The van der Waals surface area contributed by atoms with Crippen molar-refractivity contribution >= 4 is 0 Å². The van der Waals surface area contributed by atoms with Gasteiger partial charge in [-0.05, 0) is 32.2 Å². The average molecular weight is 195 g/mol. The van der Waals surface area contributed by atoms with Crippen LogP contribution in [0.25, 0.3) is 0 Å². The summed E-state index contributed by atoms with van der Waals surface area (Å²) in [5.41, 5.74) is 1.11. The van der Waals surface area contributed by atoms with Crippen LogP contribution in [0, 0.1) is 0 Å². The fraction of sp³-hybridized carbons (Fsp3) is 0.455. The summed E-state index contributed by atoms with van der Waals surface area (Å²) in [6.07, 6.45) is 0. The van der Waals surface area contributed by atoms with Gasteiger partial charge in [0.15, 0.2) is 0 Å². The van der Waals surface area contributed by atoms with E-state index < -0.39 is 0 Å². The maximum Gasteiger partial charge on any atom is 0.123 e. The zero-order valence-corrected chi connectivity index (χ0v) is 8.96. The SMILES string of the molecule is CCOc1ccc(OC)c(CNC)c1. The van der Waals surface area contributed by atoms with Gasteiger partial charge in [-0.2, -0.15) is 0 Å². The molecule has 0 saturated carbocycles. The van der Waals surface area contributed by atoms with E-state index in [1.807, 2.05) is 32.2 Å². The van der Waals surface area contributed by atoms with Gasteiger partial charge in [-0.1, -0.05) is 0 Å². The highest BCUT2D eigenvalue weighted by atomic mass is 16.5. The molecule has 0 aliphatic rings. The zero-order chi connectivity index (χ0) is 10.4. The van der Waals surface area contributed by atoms with E-state index >= 15 is 0 Å². The van der Waals surface area contributed by atoms with Gasteiger partial charge in [0.2, 0.25) is 0 Å². The Morgan fingerprint density at radius 2 is 2.14 bits per heavy atom. The van der Waals surface area contributed by atoms with Crippen LogP contribution in [0.15, 0.2) is 18.2 Å². The first-order valence-corrected chi connectivity index (χ1v) is 4.76. The van der Waals surface area contributed by atoms with Crippen molar-refractivity contribution in [3.05, 3.63) is 23.8 Å². The lowest BCUT2D eigenvalue weighted by Gasteiger charge is -2.10. The number of ether oxygens (including phenoxy) is 2. The van der Waals surface area contributed by atoms with Crippen LogP contribution in [0.3, 0.4) is 0 Å². The van der Waals surface area contributed by atoms with E-state index in [9.17, 15) is 0 Å². The van der Waals surface area contributed by atoms with Crippen molar-refractivity contribution in [3.63, 3.8) is 0 Å². The lowest BCUT2D eigenvalue weighted by molar-refractivity contribution is 0.338. The van der Waals surface area contributed by atoms with Crippen LogP contribution >= 0.6 is 0 Å². The molecule has 78 valence electrons. The number of hydrogen-bond donors (Lipinski definition) is 1. The summed E-state index contributed by atoms with van der Waals surface area (Å²) in [6.45, 7) is 3.44. The van der Waals surface area contributed by atoms with Gasteiger partial charge in [-0.3, -0.25) is 0 Å². The number of rotatable bonds is 5. The van der Waals surface area contributed by atoms with Crippen LogP contribution in [-0.4, -0.2) is 20.8 Å². The quantitative estimate of drug-likeness (QED) is 0.777. The van der Waals surface area contributed by atoms with Crippen molar-refractivity contribution in [1.82, 2.24) is 5.32 Å². The van der Waals surface area contributed by atoms with Crippen LogP contribution in [0.2, 0.25) is 0 Å². The fourth-order valence-electron chi connectivity index (χ4n) is 1.34.